The van der Waals surface area contributed by atoms with E-state index < -0.39 is 5.97 Å². The van der Waals surface area contributed by atoms with Gasteiger partial charge in [-0.1, -0.05) is 12.1 Å². The van der Waals surface area contributed by atoms with E-state index in [4.69, 9.17) is 9.47 Å². The molecule has 1 saturated heterocycles. The number of methoxy groups -OCH3 is 1. The van der Waals surface area contributed by atoms with E-state index in [2.05, 4.69) is 4.98 Å². The molecular weight excluding hydrogens is 340 g/mol. The Morgan fingerprint density at radius 1 is 1.16 bits per heavy atom. The Hall–Kier alpha value is -2.25. The van der Waals surface area contributed by atoms with Crippen LogP contribution in [-0.4, -0.2) is 42.0 Å². The highest BCUT2D eigenvalue weighted by Crippen LogP contribution is 2.15. The van der Waals surface area contributed by atoms with Crippen LogP contribution in [0.15, 0.2) is 29.6 Å². The van der Waals surface area contributed by atoms with Gasteiger partial charge in [-0.05, 0) is 30.5 Å². The number of esters is 1. The van der Waals surface area contributed by atoms with E-state index in [1.165, 1.54) is 11.3 Å². The first-order chi connectivity index (χ1) is 12.2. The van der Waals surface area contributed by atoms with Crippen molar-refractivity contribution < 1.29 is 19.1 Å². The average Bonchev–Trinajstić information content (AvgIpc) is 3.32. The van der Waals surface area contributed by atoms with Crippen LogP contribution in [0.1, 0.15) is 44.3 Å². The first-order valence-electron chi connectivity index (χ1n) is 8.16. The lowest BCUT2D eigenvalue weighted by Gasteiger charge is -2.15. The fourth-order valence-electron chi connectivity index (χ4n) is 2.66. The van der Waals surface area contributed by atoms with Gasteiger partial charge in [-0.25, -0.2) is 9.78 Å². The van der Waals surface area contributed by atoms with Gasteiger partial charge >= 0.3 is 5.97 Å². The van der Waals surface area contributed by atoms with Gasteiger partial charge in [0.25, 0.3) is 5.91 Å². The van der Waals surface area contributed by atoms with Crippen molar-refractivity contribution in [2.45, 2.75) is 26.1 Å². The fourth-order valence-corrected chi connectivity index (χ4v) is 3.40. The Labute approximate surface area is 150 Å². The third-order valence-electron chi connectivity index (χ3n) is 3.99. The van der Waals surface area contributed by atoms with Crippen molar-refractivity contribution in [2.24, 2.45) is 0 Å². The van der Waals surface area contributed by atoms with E-state index in [0.29, 0.717) is 12.2 Å². The summed E-state index contributed by atoms with van der Waals surface area (Å²) in [6, 6.07) is 7.19. The van der Waals surface area contributed by atoms with Crippen LogP contribution in [-0.2, 0) is 22.7 Å². The molecular formula is C18H20N2O4S. The third-order valence-corrected chi connectivity index (χ3v) is 4.82. The number of aromatic nitrogens is 1. The number of hydrogen-bond donors (Lipinski definition) is 0. The zero-order valence-electron chi connectivity index (χ0n) is 14.1. The van der Waals surface area contributed by atoms with Crippen molar-refractivity contribution in [2.75, 3.05) is 20.2 Å². The molecule has 2 heterocycles. The van der Waals surface area contributed by atoms with Gasteiger partial charge in [0.1, 0.15) is 11.6 Å². The number of likely N-dealkylation sites (tertiary alicyclic amines) is 1. The van der Waals surface area contributed by atoms with Crippen LogP contribution >= 0.6 is 11.3 Å². The lowest BCUT2D eigenvalue weighted by molar-refractivity contribution is 0.0465. The minimum atomic E-state index is -0.462. The summed E-state index contributed by atoms with van der Waals surface area (Å²) in [5.74, 6) is -0.398. The van der Waals surface area contributed by atoms with Crippen molar-refractivity contribution in [3.63, 3.8) is 0 Å². The Morgan fingerprint density at radius 2 is 1.88 bits per heavy atom. The summed E-state index contributed by atoms with van der Waals surface area (Å²) in [4.78, 5) is 30.3. The lowest BCUT2D eigenvalue weighted by atomic mass is 10.1. The molecule has 1 aromatic heterocycles. The summed E-state index contributed by atoms with van der Waals surface area (Å²) in [6.07, 6.45) is 2.14. The SMILES string of the molecule is COCc1nc(C(=O)OCc2ccc(C(=O)N3CCCC3)cc2)cs1. The zero-order valence-corrected chi connectivity index (χ0v) is 14.9. The third kappa shape index (κ3) is 4.43. The maximum atomic E-state index is 12.3. The van der Waals surface area contributed by atoms with E-state index in [-0.39, 0.29) is 18.2 Å². The fraction of sp³-hybridized carbons (Fsp3) is 0.389. The van der Waals surface area contributed by atoms with Gasteiger partial charge in [0.05, 0.1) is 6.61 Å². The molecule has 0 radical (unpaired) electrons. The molecule has 1 fully saturated rings. The maximum Gasteiger partial charge on any atom is 0.358 e. The van der Waals surface area contributed by atoms with Gasteiger partial charge < -0.3 is 14.4 Å². The number of ether oxygens (including phenoxy) is 2. The van der Waals surface area contributed by atoms with Gasteiger partial charge in [-0.15, -0.1) is 11.3 Å². The summed E-state index contributed by atoms with van der Waals surface area (Å²) >= 11 is 1.36. The lowest BCUT2D eigenvalue weighted by Crippen LogP contribution is -2.27. The molecule has 1 amide bonds. The zero-order chi connectivity index (χ0) is 17.6. The molecule has 25 heavy (non-hydrogen) atoms. The van der Waals surface area contributed by atoms with Crippen molar-refractivity contribution in [1.29, 1.82) is 0 Å². The molecule has 0 atom stereocenters. The summed E-state index contributed by atoms with van der Waals surface area (Å²) in [6.45, 7) is 2.19. The van der Waals surface area contributed by atoms with Crippen molar-refractivity contribution in [3.05, 3.63) is 51.5 Å². The van der Waals surface area contributed by atoms with Crippen LogP contribution in [0.2, 0.25) is 0 Å². The monoisotopic (exact) mass is 360 g/mol. The number of rotatable bonds is 6. The van der Waals surface area contributed by atoms with Crippen LogP contribution in [0, 0.1) is 0 Å². The van der Waals surface area contributed by atoms with Gasteiger partial charge in [0.2, 0.25) is 0 Å². The standard InChI is InChI=1S/C18H20N2O4S/c1-23-11-16-19-15(12-25-16)18(22)24-10-13-4-6-14(7-5-13)17(21)20-8-2-3-9-20/h4-7,12H,2-3,8-11H2,1H3. The highest BCUT2D eigenvalue weighted by atomic mass is 32.1. The summed E-state index contributed by atoms with van der Waals surface area (Å²) < 4.78 is 10.3. The van der Waals surface area contributed by atoms with Gasteiger partial charge in [0.15, 0.2) is 5.69 Å². The largest absolute Gasteiger partial charge is 0.456 e. The summed E-state index contributed by atoms with van der Waals surface area (Å²) in [7, 11) is 1.58. The van der Waals surface area contributed by atoms with E-state index in [9.17, 15) is 9.59 Å². The highest BCUT2D eigenvalue weighted by molar-refractivity contribution is 7.09. The topological polar surface area (TPSA) is 68.7 Å². The number of nitrogens with zero attached hydrogens (tertiary/aromatic N) is 2. The minimum Gasteiger partial charge on any atom is -0.456 e. The second-order valence-electron chi connectivity index (χ2n) is 5.83. The molecule has 0 spiro atoms. The molecule has 7 heteroatoms. The summed E-state index contributed by atoms with van der Waals surface area (Å²) in [5, 5.41) is 2.40. The van der Waals surface area contributed by atoms with Gasteiger partial charge in [0, 0.05) is 31.1 Å². The smallest absolute Gasteiger partial charge is 0.358 e. The molecule has 0 bridgehead atoms. The Morgan fingerprint density at radius 3 is 2.56 bits per heavy atom. The molecule has 6 nitrogen and oxygen atoms in total. The number of thiazole rings is 1. The van der Waals surface area contributed by atoms with E-state index in [1.807, 2.05) is 17.0 Å². The predicted octanol–water partition coefficient (Wildman–Crippen LogP) is 2.88. The van der Waals surface area contributed by atoms with Crippen molar-refractivity contribution >= 4 is 23.2 Å². The molecule has 3 rings (SSSR count). The Balaban J connectivity index is 1.54. The second-order valence-corrected chi connectivity index (χ2v) is 6.77. The summed E-state index contributed by atoms with van der Waals surface area (Å²) in [5.41, 5.74) is 1.79. The van der Waals surface area contributed by atoms with E-state index in [0.717, 1.165) is 36.5 Å². The Kier molecular flexibility index (Phi) is 5.78. The van der Waals surface area contributed by atoms with Crippen LogP contribution < -0.4 is 0 Å². The van der Waals surface area contributed by atoms with Crippen LogP contribution in [0.4, 0.5) is 0 Å². The molecule has 132 valence electrons. The normalized spacial score (nSPS) is 13.9. The Bertz CT molecular complexity index is 736. The first-order valence-corrected chi connectivity index (χ1v) is 9.04. The average molecular weight is 360 g/mol. The van der Waals surface area contributed by atoms with Crippen LogP contribution in [0.3, 0.4) is 0 Å². The maximum absolute atomic E-state index is 12.3. The molecule has 0 N–H and O–H groups in total. The number of amides is 1. The predicted molar refractivity (Wildman–Crippen MR) is 93.5 cm³/mol. The van der Waals surface area contributed by atoms with Gasteiger partial charge in [-0.3, -0.25) is 4.79 Å². The van der Waals surface area contributed by atoms with Crippen LogP contribution in [0.25, 0.3) is 0 Å². The molecule has 1 aliphatic rings. The van der Waals surface area contributed by atoms with Gasteiger partial charge in [-0.2, -0.15) is 0 Å². The number of benzene rings is 1. The quantitative estimate of drug-likeness (QED) is 0.741. The highest BCUT2D eigenvalue weighted by Gasteiger charge is 2.19. The molecule has 0 saturated carbocycles. The van der Waals surface area contributed by atoms with E-state index >= 15 is 0 Å². The number of carbonyl (C=O) groups excluding carboxylic acids is 2. The van der Waals surface area contributed by atoms with E-state index in [1.54, 1.807) is 24.6 Å². The molecule has 2 aromatic rings. The molecule has 1 aliphatic heterocycles. The molecule has 0 aliphatic carbocycles. The van der Waals surface area contributed by atoms with Crippen molar-refractivity contribution in [3.8, 4) is 0 Å². The van der Waals surface area contributed by atoms with Crippen LogP contribution in [0.5, 0.6) is 0 Å². The molecule has 1 aromatic carbocycles. The van der Waals surface area contributed by atoms with Crippen molar-refractivity contribution in [1.82, 2.24) is 9.88 Å². The first kappa shape index (κ1) is 17.6. The second kappa shape index (κ2) is 8.22. The number of hydrogen-bond acceptors (Lipinski definition) is 6. The number of carbonyl (C=O) groups is 2. The minimum absolute atomic E-state index is 0.0641. The molecule has 0 unspecified atom stereocenters.